The van der Waals surface area contributed by atoms with E-state index >= 15 is 0 Å². The molecule has 0 aliphatic carbocycles. The molecule has 10 heteroatoms. The van der Waals surface area contributed by atoms with Crippen LogP contribution in [0.5, 0.6) is 0 Å². The van der Waals surface area contributed by atoms with Crippen LogP contribution in [-0.2, 0) is 6.18 Å². The molecule has 0 radical (unpaired) electrons. The number of halogens is 8. The fourth-order valence-electron chi connectivity index (χ4n) is 2.62. The molecule has 2 nitrogen and oxygen atoms in total. The highest BCUT2D eigenvalue weighted by atomic mass is 35.5. The lowest BCUT2D eigenvalue weighted by atomic mass is 9.92. The summed E-state index contributed by atoms with van der Waals surface area (Å²) in [6, 6.07) is 4.21. The van der Waals surface area contributed by atoms with Crippen molar-refractivity contribution >= 4 is 35.2 Å². The van der Waals surface area contributed by atoms with Crippen molar-refractivity contribution in [3.63, 3.8) is 0 Å². The molecule has 2 aromatic carbocycles. The third kappa shape index (κ3) is 5.45. The van der Waals surface area contributed by atoms with E-state index in [-0.39, 0.29) is 11.1 Å². The number of carbonyl (C=O) groups is 1. The van der Waals surface area contributed by atoms with Crippen LogP contribution in [0.2, 0.25) is 10.0 Å². The van der Waals surface area contributed by atoms with E-state index in [0.29, 0.717) is 13.0 Å². The Hall–Kier alpha value is -2.19. The van der Waals surface area contributed by atoms with Crippen LogP contribution in [0.15, 0.2) is 36.4 Å². The molecule has 0 fully saturated rings. The smallest absolute Gasteiger partial charge is 0.417 e. The molecule has 0 aliphatic rings. The van der Waals surface area contributed by atoms with Gasteiger partial charge in [0, 0.05) is 6.92 Å². The zero-order valence-corrected chi connectivity index (χ0v) is 16.0. The normalized spacial score (nSPS) is 13.7. The quantitative estimate of drug-likeness (QED) is 0.378. The number of aromatic carboxylic acids is 1. The fourth-order valence-corrected chi connectivity index (χ4v) is 3.13. The van der Waals surface area contributed by atoms with Gasteiger partial charge in [0.2, 0.25) is 0 Å². The van der Waals surface area contributed by atoms with Crippen LogP contribution < -0.4 is 0 Å². The maximum absolute atomic E-state index is 14.1. The molecule has 0 amide bonds. The highest BCUT2D eigenvalue weighted by Crippen LogP contribution is 2.39. The highest BCUT2D eigenvalue weighted by molar-refractivity contribution is 6.35. The van der Waals surface area contributed by atoms with Gasteiger partial charge < -0.3 is 5.11 Å². The van der Waals surface area contributed by atoms with Crippen LogP contribution in [0.1, 0.15) is 39.9 Å². The van der Waals surface area contributed by atoms with E-state index < -0.39 is 51.0 Å². The third-order valence-corrected chi connectivity index (χ3v) is 4.52. The van der Waals surface area contributed by atoms with E-state index in [0.717, 1.165) is 36.4 Å². The van der Waals surface area contributed by atoms with E-state index in [1.54, 1.807) is 0 Å². The SMILES string of the molecule is CC(F)(F)C(/C=C/c1ccc(C(=O)O)c(C(F)(F)F)c1)c1cc(Cl)c(F)c(Cl)c1. The Kier molecular flexibility index (Phi) is 6.59. The topological polar surface area (TPSA) is 37.3 Å². The van der Waals surface area contributed by atoms with E-state index in [4.69, 9.17) is 28.3 Å². The van der Waals surface area contributed by atoms with Crippen LogP contribution in [0.4, 0.5) is 26.3 Å². The van der Waals surface area contributed by atoms with Gasteiger partial charge >= 0.3 is 12.1 Å². The van der Waals surface area contributed by atoms with Crippen molar-refractivity contribution in [2.75, 3.05) is 0 Å². The van der Waals surface area contributed by atoms with Gasteiger partial charge in [-0.25, -0.2) is 18.0 Å². The van der Waals surface area contributed by atoms with Gasteiger partial charge in [0.05, 0.1) is 27.1 Å². The number of rotatable bonds is 5. The van der Waals surface area contributed by atoms with Crippen molar-refractivity contribution in [3.05, 3.63) is 74.5 Å². The maximum atomic E-state index is 14.1. The first-order chi connectivity index (χ1) is 13.2. The number of carboxylic acid groups (broad SMARTS) is 1. The van der Waals surface area contributed by atoms with Crippen molar-refractivity contribution in [1.29, 1.82) is 0 Å². The Morgan fingerprint density at radius 1 is 1.07 bits per heavy atom. The molecule has 156 valence electrons. The Morgan fingerprint density at radius 3 is 2.07 bits per heavy atom. The van der Waals surface area contributed by atoms with Gasteiger partial charge in [0.1, 0.15) is 0 Å². The second-order valence-electron chi connectivity index (χ2n) is 6.20. The molecular weight excluding hydrogens is 445 g/mol. The zero-order valence-electron chi connectivity index (χ0n) is 14.5. The molecule has 29 heavy (non-hydrogen) atoms. The van der Waals surface area contributed by atoms with Gasteiger partial charge in [-0.3, -0.25) is 0 Å². The summed E-state index contributed by atoms with van der Waals surface area (Å²) in [5.74, 6) is -7.85. The van der Waals surface area contributed by atoms with Gasteiger partial charge in [-0.15, -0.1) is 0 Å². The number of benzene rings is 2. The van der Waals surface area contributed by atoms with Crippen molar-refractivity contribution in [2.24, 2.45) is 0 Å². The highest BCUT2D eigenvalue weighted by Gasteiger charge is 2.36. The molecule has 0 bridgehead atoms. The number of hydrogen-bond acceptors (Lipinski definition) is 1. The lowest BCUT2D eigenvalue weighted by molar-refractivity contribution is -0.138. The largest absolute Gasteiger partial charge is 0.478 e. The summed E-state index contributed by atoms with van der Waals surface area (Å²) >= 11 is 11.3. The zero-order chi connectivity index (χ0) is 22.1. The molecule has 0 heterocycles. The molecule has 0 saturated carbocycles. The van der Waals surface area contributed by atoms with E-state index in [9.17, 15) is 31.1 Å². The lowest BCUT2D eigenvalue weighted by Crippen LogP contribution is -2.20. The Balaban J connectivity index is 2.52. The minimum atomic E-state index is -4.95. The van der Waals surface area contributed by atoms with Gasteiger partial charge in [-0.2, -0.15) is 13.2 Å². The second-order valence-corrected chi connectivity index (χ2v) is 7.01. The minimum absolute atomic E-state index is 0.150. The number of allylic oxidation sites excluding steroid dienone is 1. The van der Waals surface area contributed by atoms with Gasteiger partial charge in [-0.1, -0.05) is 41.4 Å². The van der Waals surface area contributed by atoms with Crippen molar-refractivity contribution < 1.29 is 36.2 Å². The summed E-state index contributed by atoms with van der Waals surface area (Å²) in [7, 11) is 0. The maximum Gasteiger partial charge on any atom is 0.417 e. The van der Waals surface area contributed by atoms with Crippen LogP contribution in [0, 0.1) is 5.82 Å². The van der Waals surface area contributed by atoms with Crippen LogP contribution in [0.3, 0.4) is 0 Å². The summed E-state index contributed by atoms with van der Waals surface area (Å²) in [6.07, 6.45) is -3.06. The third-order valence-electron chi connectivity index (χ3n) is 3.97. The van der Waals surface area contributed by atoms with Crippen molar-refractivity contribution in [1.82, 2.24) is 0 Å². The molecule has 2 aromatic rings. The lowest BCUT2D eigenvalue weighted by Gasteiger charge is -2.21. The molecule has 0 saturated heterocycles. The minimum Gasteiger partial charge on any atom is -0.478 e. The van der Waals surface area contributed by atoms with E-state index in [1.165, 1.54) is 0 Å². The van der Waals surface area contributed by atoms with Crippen molar-refractivity contribution in [3.8, 4) is 0 Å². The number of hydrogen-bond donors (Lipinski definition) is 1. The molecular formula is C19H12Cl2F6O2. The fraction of sp³-hybridized carbons (Fsp3) is 0.211. The molecule has 0 spiro atoms. The van der Waals surface area contributed by atoms with Crippen LogP contribution >= 0.6 is 23.2 Å². The Labute approximate surface area is 171 Å². The predicted octanol–water partition coefficient (Wildman–Crippen LogP) is 7.30. The van der Waals surface area contributed by atoms with Gasteiger partial charge in [-0.05, 0) is 35.4 Å². The average molecular weight is 457 g/mol. The monoisotopic (exact) mass is 456 g/mol. The average Bonchev–Trinajstić information content (AvgIpc) is 2.57. The second kappa shape index (κ2) is 8.28. The number of alkyl halides is 5. The first-order valence-electron chi connectivity index (χ1n) is 7.87. The summed E-state index contributed by atoms with van der Waals surface area (Å²) in [5, 5.41) is 7.92. The van der Waals surface area contributed by atoms with Gasteiger partial charge in [0.25, 0.3) is 5.92 Å². The first kappa shape index (κ1) is 23.1. The summed E-state index contributed by atoms with van der Waals surface area (Å²) < 4.78 is 81.0. The van der Waals surface area contributed by atoms with Crippen LogP contribution in [0.25, 0.3) is 6.08 Å². The van der Waals surface area contributed by atoms with Gasteiger partial charge in [0.15, 0.2) is 5.82 Å². The summed E-state index contributed by atoms with van der Waals surface area (Å²) in [4.78, 5) is 11.0. The predicted molar refractivity (Wildman–Crippen MR) is 97.2 cm³/mol. The summed E-state index contributed by atoms with van der Waals surface area (Å²) in [6.45, 7) is 0.571. The molecule has 0 aromatic heterocycles. The van der Waals surface area contributed by atoms with Crippen molar-refractivity contribution in [2.45, 2.75) is 24.9 Å². The standard InChI is InChI=1S/C19H12Cl2F6O2/c1-18(23,24)12(10-7-14(20)16(22)15(21)8-10)5-3-9-2-4-11(17(28)29)13(6-9)19(25,26)27/h2-8,12H,1H3,(H,28,29)/b5-3+. The molecule has 1 atom stereocenters. The van der Waals surface area contributed by atoms with E-state index in [1.807, 2.05) is 0 Å². The molecule has 0 aliphatic heterocycles. The summed E-state index contributed by atoms with van der Waals surface area (Å²) in [5.41, 5.74) is -2.69. The van der Waals surface area contributed by atoms with E-state index in [2.05, 4.69) is 0 Å². The van der Waals surface area contributed by atoms with Crippen LogP contribution in [-0.4, -0.2) is 17.0 Å². The Bertz CT molecular complexity index is 941. The molecule has 1 N–H and O–H groups in total. The Morgan fingerprint density at radius 2 is 1.62 bits per heavy atom. The number of carboxylic acids is 1. The molecule has 1 unspecified atom stereocenters. The molecule has 2 rings (SSSR count). The first-order valence-corrected chi connectivity index (χ1v) is 8.62.